The van der Waals surface area contributed by atoms with Crippen molar-refractivity contribution in [2.45, 2.75) is 182 Å². The average molecular weight is 591 g/mol. The van der Waals surface area contributed by atoms with Gasteiger partial charge in [0.15, 0.2) is 18.1 Å². The molecular formula is C32H71O3PSi2. The number of hydrogen-bond donors (Lipinski definition) is 0. The van der Waals surface area contributed by atoms with Gasteiger partial charge in [-0.2, -0.15) is 0 Å². The van der Waals surface area contributed by atoms with Gasteiger partial charge in [-0.25, -0.2) is 0 Å². The minimum Gasteiger partial charge on any atom is -0.357 e. The molecule has 0 saturated carbocycles. The number of unbranched alkanes of at least 4 members (excludes halogenated alkanes) is 4. The fourth-order valence-corrected chi connectivity index (χ4v) is 16.2. The van der Waals surface area contributed by atoms with Crippen molar-refractivity contribution in [3.8, 4) is 0 Å². The molecule has 0 aromatic carbocycles. The lowest BCUT2D eigenvalue weighted by molar-refractivity contribution is 0.383. The highest BCUT2D eigenvalue weighted by atomic mass is 31.1. The van der Waals surface area contributed by atoms with Gasteiger partial charge in [0.1, 0.15) is 0 Å². The van der Waals surface area contributed by atoms with Gasteiger partial charge in [0, 0.05) is 0 Å². The van der Waals surface area contributed by atoms with Crippen molar-refractivity contribution in [1.29, 1.82) is 0 Å². The lowest BCUT2D eigenvalue weighted by Crippen LogP contribution is -2.26. The van der Waals surface area contributed by atoms with E-state index in [-0.39, 0.29) is 0 Å². The zero-order valence-corrected chi connectivity index (χ0v) is 30.6. The number of rotatable bonds is 28. The van der Waals surface area contributed by atoms with E-state index in [2.05, 4.69) is 55.4 Å². The van der Waals surface area contributed by atoms with E-state index in [0.29, 0.717) is 0 Å². The molecular weight excluding hydrogens is 519 g/mol. The van der Waals surface area contributed by atoms with Crippen LogP contribution in [0.5, 0.6) is 0 Å². The van der Waals surface area contributed by atoms with E-state index in [9.17, 15) is 4.57 Å². The van der Waals surface area contributed by atoms with Gasteiger partial charge in [0.2, 0.25) is 0 Å². The van der Waals surface area contributed by atoms with E-state index in [1.807, 2.05) is 0 Å². The first-order valence-electron chi connectivity index (χ1n) is 17.3. The van der Waals surface area contributed by atoms with Crippen LogP contribution in [0.1, 0.15) is 158 Å². The van der Waals surface area contributed by atoms with Crippen molar-refractivity contribution < 1.29 is 13.0 Å². The van der Waals surface area contributed by atoms with Crippen molar-refractivity contribution in [2.75, 3.05) is 0 Å². The van der Waals surface area contributed by atoms with Crippen LogP contribution in [-0.4, -0.2) is 18.1 Å². The molecule has 0 saturated heterocycles. The lowest BCUT2D eigenvalue weighted by Gasteiger charge is -2.28. The summed E-state index contributed by atoms with van der Waals surface area (Å²) in [6.07, 6.45) is 20.4. The van der Waals surface area contributed by atoms with Crippen LogP contribution in [0.4, 0.5) is 0 Å². The van der Waals surface area contributed by atoms with Crippen molar-refractivity contribution in [2.24, 2.45) is 23.7 Å². The minimum absolute atomic E-state index is 0.732. The molecule has 0 aliphatic rings. The Morgan fingerprint density at radius 1 is 0.474 bits per heavy atom. The second kappa shape index (κ2) is 26.5. The summed E-state index contributed by atoms with van der Waals surface area (Å²) in [5.74, 6) is 2.93. The van der Waals surface area contributed by atoms with Crippen LogP contribution < -0.4 is 0 Å². The normalized spacial score (nSPS) is 17.6. The van der Waals surface area contributed by atoms with Gasteiger partial charge in [-0.3, -0.25) is 4.57 Å². The Balaban J connectivity index is 5.53. The molecule has 38 heavy (non-hydrogen) atoms. The largest absolute Gasteiger partial charge is 0.357 e. The third-order valence-electron chi connectivity index (χ3n) is 9.08. The molecule has 0 fully saturated rings. The summed E-state index contributed by atoms with van der Waals surface area (Å²) < 4.78 is 26.8. The average Bonchev–Trinajstić information content (AvgIpc) is 2.92. The molecule has 0 aliphatic carbocycles. The van der Waals surface area contributed by atoms with Crippen LogP contribution in [0.2, 0.25) is 24.2 Å². The third kappa shape index (κ3) is 19.6. The Labute approximate surface area is 244 Å². The first-order valence-corrected chi connectivity index (χ1v) is 22.7. The molecule has 0 rings (SSSR count). The van der Waals surface area contributed by atoms with Crippen LogP contribution in [0.25, 0.3) is 0 Å². The van der Waals surface area contributed by atoms with Crippen LogP contribution in [0, 0.1) is 23.7 Å². The van der Waals surface area contributed by atoms with E-state index in [1.54, 1.807) is 0 Å². The highest BCUT2D eigenvalue weighted by Gasteiger charge is 2.27. The van der Waals surface area contributed by atoms with Crippen LogP contribution in [-0.2, 0) is 13.0 Å². The van der Waals surface area contributed by atoms with Crippen LogP contribution in [0.3, 0.4) is 0 Å². The summed E-state index contributed by atoms with van der Waals surface area (Å²) in [6.45, 7) is 18.5. The fraction of sp³-hybridized carbons (Fsp3) is 1.00. The molecule has 0 spiro atoms. The van der Waals surface area contributed by atoms with Gasteiger partial charge in [-0.15, -0.1) is 0 Å². The van der Waals surface area contributed by atoms with E-state index >= 15 is 0 Å². The van der Waals surface area contributed by atoms with Gasteiger partial charge >= 0.3 is 0 Å². The minimum atomic E-state index is -2.41. The molecule has 6 heteroatoms. The summed E-state index contributed by atoms with van der Waals surface area (Å²) >= 11 is 0. The second-order valence-corrected chi connectivity index (χ2v) is 19.1. The Bertz CT molecular complexity index is 457. The van der Waals surface area contributed by atoms with E-state index in [0.717, 1.165) is 23.7 Å². The molecule has 0 radical (unpaired) electrons. The molecule has 4 atom stereocenters. The Kier molecular flexibility index (Phi) is 26.9. The maximum Gasteiger partial charge on any atom is 0.299 e. The second-order valence-electron chi connectivity index (χ2n) is 12.3. The zero-order valence-electron chi connectivity index (χ0n) is 27.3. The number of hydrogen-bond acceptors (Lipinski definition) is 3. The zero-order chi connectivity index (χ0) is 28.6. The Hall–Kier alpha value is 0.584. The third-order valence-corrected chi connectivity index (χ3v) is 18.1. The highest BCUT2D eigenvalue weighted by molar-refractivity contribution is 7.37. The standard InChI is InChI=1S/C32H71O3PSi2/c1-9-17-21-29(13-5)25-37(26-30(14-6)22-18-10-2)34-36(33)35-38(27-31(15-7)23-19-11-3)28-32(16-8)24-20-12-4/h29-32,36-38H,9-28H2,1-8H3. The maximum absolute atomic E-state index is 13.6. The molecule has 0 N–H and O–H groups in total. The van der Waals surface area contributed by atoms with Crippen molar-refractivity contribution in [3.63, 3.8) is 0 Å². The maximum atomic E-state index is 13.6. The van der Waals surface area contributed by atoms with Crippen LogP contribution >= 0.6 is 8.25 Å². The first kappa shape index (κ1) is 38.6. The van der Waals surface area contributed by atoms with Crippen LogP contribution in [0.15, 0.2) is 0 Å². The molecule has 0 bridgehead atoms. The molecule has 4 unspecified atom stereocenters. The van der Waals surface area contributed by atoms with Gasteiger partial charge in [0.25, 0.3) is 8.25 Å². The van der Waals surface area contributed by atoms with E-state index in [4.69, 9.17) is 8.43 Å². The van der Waals surface area contributed by atoms with E-state index < -0.39 is 26.3 Å². The predicted molar refractivity (Wildman–Crippen MR) is 178 cm³/mol. The molecule has 230 valence electrons. The van der Waals surface area contributed by atoms with E-state index in [1.165, 1.54) is 127 Å². The van der Waals surface area contributed by atoms with Crippen molar-refractivity contribution >= 4 is 26.3 Å². The molecule has 0 heterocycles. The Morgan fingerprint density at radius 2 is 0.711 bits per heavy atom. The molecule has 0 aromatic rings. The predicted octanol–water partition coefficient (Wildman–Crippen LogP) is 11.7. The van der Waals surface area contributed by atoms with Crippen molar-refractivity contribution in [1.82, 2.24) is 0 Å². The summed E-state index contributed by atoms with van der Waals surface area (Å²) in [7, 11) is -5.57. The summed E-state index contributed by atoms with van der Waals surface area (Å²) in [5.41, 5.74) is 0. The molecule has 0 amide bonds. The molecule has 0 aliphatic heterocycles. The smallest absolute Gasteiger partial charge is 0.299 e. The lowest BCUT2D eigenvalue weighted by atomic mass is 10.0. The summed E-state index contributed by atoms with van der Waals surface area (Å²) in [5, 5.41) is 0. The molecule has 3 nitrogen and oxygen atoms in total. The summed E-state index contributed by atoms with van der Waals surface area (Å²) in [4.78, 5) is 0. The van der Waals surface area contributed by atoms with Gasteiger partial charge in [-0.1, -0.05) is 158 Å². The Morgan fingerprint density at radius 3 is 0.895 bits per heavy atom. The highest BCUT2D eigenvalue weighted by Crippen LogP contribution is 2.37. The SMILES string of the molecule is CCCCC(CC)C[SiH](CC(CC)CCCC)O[PH](=O)O[SiH](CC(CC)CCCC)CC(CC)CCCC. The fourth-order valence-electron chi connectivity index (χ4n) is 6.10. The summed E-state index contributed by atoms with van der Waals surface area (Å²) in [6, 6.07) is 4.75. The molecule has 0 aromatic heterocycles. The van der Waals surface area contributed by atoms with Gasteiger partial charge < -0.3 is 8.43 Å². The monoisotopic (exact) mass is 590 g/mol. The quantitative estimate of drug-likeness (QED) is 0.0671. The van der Waals surface area contributed by atoms with Gasteiger partial charge in [0.05, 0.1) is 0 Å². The first-order chi connectivity index (χ1) is 18.4. The topological polar surface area (TPSA) is 35.5 Å². The van der Waals surface area contributed by atoms with Gasteiger partial charge in [-0.05, 0) is 47.8 Å². The van der Waals surface area contributed by atoms with Crippen molar-refractivity contribution in [3.05, 3.63) is 0 Å².